The number of anilines is 1. The van der Waals surface area contributed by atoms with Gasteiger partial charge in [0.05, 0.1) is 26.8 Å². The summed E-state index contributed by atoms with van der Waals surface area (Å²) in [6.07, 6.45) is 3.10. The van der Waals surface area contributed by atoms with E-state index in [1.165, 1.54) is 7.11 Å². The zero-order valence-corrected chi connectivity index (χ0v) is 22.7. The van der Waals surface area contributed by atoms with Crippen molar-refractivity contribution in [3.63, 3.8) is 0 Å². The van der Waals surface area contributed by atoms with Gasteiger partial charge in [0, 0.05) is 34.6 Å². The molecule has 208 valence electrons. The van der Waals surface area contributed by atoms with Crippen molar-refractivity contribution in [3.8, 4) is 23.0 Å². The fourth-order valence-electron chi connectivity index (χ4n) is 4.09. The highest BCUT2D eigenvalue weighted by Crippen LogP contribution is 2.47. The molecule has 0 spiro atoms. The Labute approximate surface area is 232 Å². The van der Waals surface area contributed by atoms with Crippen molar-refractivity contribution < 1.29 is 33.3 Å². The van der Waals surface area contributed by atoms with Gasteiger partial charge in [-0.25, -0.2) is 4.79 Å². The molecule has 40 heavy (non-hydrogen) atoms. The molecule has 2 amide bonds. The lowest BCUT2D eigenvalue weighted by atomic mass is 10.0. The van der Waals surface area contributed by atoms with Gasteiger partial charge < -0.3 is 29.6 Å². The van der Waals surface area contributed by atoms with E-state index in [-0.39, 0.29) is 12.0 Å². The summed E-state index contributed by atoms with van der Waals surface area (Å²) in [5.41, 5.74) is 0.725. The van der Waals surface area contributed by atoms with Crippen molar-refractivity contribution in [2.24, 2.45) is 5.41 Å². The number of aromatic nitrogens is 1. The topological polar surface area (TPSA) is 125 Å². The molecule has 0 atom stereocenters. The zero-order valence-electron chi connectivity index (χ0n) is 22.7. The minimum Gasteiger partial charge on any atom is -0.493 e. The van der Waals surface area contributed by atoms with E-state index >= 15 is 0 Å². The van der Waals surface area contributed by atoms with Gasteiger partial charge in [-0.15, -0.1) is 0 Å². The summed E-state index contributed by atoms with van der Waals surface area (Å²) in [6.45, 7) is 7.48. The lowest BCUT2D eigenvalue weighted by Crippen LogP contribution is -2.39. The molecule has 0 saturated heterocycles. The number of esters is 1. The highest BCUT2D eigenvalue weighted by Gasteiger charge is 2.56. The smallest absolute Gasteiger partial charge is 0.333 e. The van der Waals surface area contributed by atoms with Crippen LogP contribution in [-0.2, 0) is 19.1 Å². The Bertz CT molecular complexity index is 1480. The lowest BCUT2D eigenvalue weighted by Gasteiger charge is -2.17. The molecule has 1 aliphatic rings. The predicted molar refractivity (Wildman–Crippen MR) is 149 cm³/mol. The summed E-state index contributed by atoms with van der Waals surface area (Å²) in [4.78, 5) is 41.7. The van der Waals surface area contributed by atoms with Gasteiger partial charge in [0.2, 0.25) is 11.8 Å². The van der Waals surface area contributed by atoms with Crippen LogP contribution in [0.5, 0.6) is 23.0 Å². The highest BCUT2D eigenvalue weighted by atomic mass is 16.5. The lowest BCUT2D eigenvalue weighted by molar-refractivity contribution is -0.136. The number of ether oxygens (including phenoxy) is 4. The number of allylic oxidation sites excluding steroid dienone is 1. The Hall–Kier alpha value is -4.86. The van der Waals surface area contributed by atoms with Gasteiger partial charge in [0.25, 0.3) is 0 Å². The quantitative estimate of drug-likeness (QED) is 0.187. The van der Waals surface area contributed by atoms with Crippen LogP contribution in [0.4, 0.5) is 5.69 Å². The van der Waals surface area contributed by atoms with Gasteiger partial charge in [-0.2, -0.15) is 0 Å². The van der Waals surface area contributed by atoms with Crippen LogP contribution in [0.2, 0.25) is 0 Å². The third-order valence-electron chi connectivity index (χ3n) is 6.66. The normalized spacial score (nSPS) is 13.1. The summed E-state index contributed by atoms with van der Waals surface area (Å²) in [5.74, 6) is 0.913. The predicted octanol–water partition coefficient (Wildman–Crippen LogP) is 4.90. The number of fused-ring (bicyclic) bond motifs is 1. The number of amides is 2. The van der Waals surface area contributed by atoms with E-state index in [2.05, 4.69) is 33.5 Å². The Kier molecular flexibility index (Phi) is 8.37. The van der Waals surface area contributed by atoms with Crippen molar-refractivity contribution in [1.82, 2.24) is 10.3 Å². The van der Waals surface area contributed by atoms with E-state index in [0.717, 1.165) is 5.39 Å². The third-order valence-corrected chi connectivity index (χ3v) is 6.66. The Morgan fingerprint density at radius 2 is 1.57 bits per heavy atom. The van der Waals surface area contributed by atoms with Crippen LogP contribution in [0.1, 0.15) is 25.7 Å². The van der Waals surface area contributed by atoms with Crippen LogP contribution >= 0.6 is 0 Å². The van der Waals surface area contributed by atoms with Gasteiger partial charge in [-0.3, -0.25) is 14.6 Å². The minimum atomic E-state index is -1.16. The van der Waals surface area contributed by atoms with E-state index in [1.807, 2.05) is 0 Å². The minimum absolute atomic E-state index is 0.279. The number of pyridine rings is 1. The number of benzene rings is 2. The molecule has 2 aromatic carbocycles. The Morgan fingerprint density at radius 3 is 2.20 bits per heavy atom. The number of carbonyl (C=O) groups is 3. The maximum absolute atomic E-state index is 13.0. The molecule has 1 saturated carbocycles. The average molecular weight is 546 g/mol. The zero-order chi connectivity index (χ0) is 28.9. The van der Waals surface area contributed by atoms with Crippen LogP contribution in [0.15, 0.2) is 73.1 Å². The molecule has 3 aromatic rings. The number of hydrogen-bond donors (Lipinski definition) is 2. The summed E-state index contributed by atoms with van der Waals surface area (Å²) >= 11 is 0. The second kappa shape index (κ2) is 11.9. The van der Waals surface area contributed by atoms with Crippen LogP contribution in [-0.4, -0.2) is 44.1 Å². The van der Waals surface area contributed by atoms with Crippen LogP contribution in [0.3, 0.4) is 0 Å². The van der Waals surface area contributed by atoms with E-state index in [9.17, 15) is 14.4 Å². The standard InChI is InChI=1S/C30H31N3O7/c1-18(27(34)39-5)6-7-19(2)32-28(35)30(13-14-30)29(36)33-20-8-10-21(11-9-20)40-24-12-15-31-23-17-26(38-4)25(37-3)16-22(23)24/h8-12,15-17H,1-2,6-7,13-14H2,3-5H3,(H,32,35)(H,33,36). The number of nitrogens with zero attached hydrogens (tertiary/aromatic N) is 1. The molecular weight excluding hydrogens is 514 g/mol. The number of hydrogen-bond acceptors (Lipinski definition) is 8. The van der Waals surface area contributed by atoms with Crippen LogP contribution in [0.25, 0.3) is 10.9 Å². The van der Waals surface area contributed by atoms with Crippen molar-refractivity contribution in [3.05, 3.63) is 73.1 Å². The molecule has 10 nitrogen and oxygen atoms in total. The van der Waals surface area contributed by atoms with Gasteiger partial charge >= 0.3 is 5.97 Å². The van der Waals surface area contributed by atoms with Gasteiger partial charge in [-0.1, -0.05) is 13.2 Å². The van der Waals surface area contributed by atoms with Crippen LogP contribution in [0, 0.1) is 5.41 Å². The molecule has 1 fully saturated rings. The Balaban J connectivity index is 1.37. The molecule has 1 heterocycles. The largest absolute Gasteiger partial charge is 0.493 e. The van der Waals surface area contributed by atoms with Gasteiger partial charge in [0.1, 0.15) is 16.9 Å². The monoisotopic (exact) mass is 545 g/mol. The Morgan fingerprint density at radius 1 is 0.900 bits per heavy atom. The first-order valence-electron chi connectivity index (χ1n) is 12.6. The summed E-state index contributed by atoms with van der Waals surface area (Å²) in [6, 6.07) is 12.2. The van der Waals surface area contributed by atoms with Crippen molar-refractivity contribution in [2.45, 2.75) is 25.7 Å². The SMILES string of the molecule is C=C(CCC(=C)C(=O)OC)NC(=O)C1(C(=O)Nc2ccc(Oc3ccnc4cc(OC)c(OC)cc34)cc2)CC1. The van der Waals surface area contributed by atoms with Crippen LogP contribution < -0.4 is 24.8 Å². The van der Waals surface area contributed by atoms with E-state index < -0.39 is 23.2 Å². The molecular formula is C30H31N3O7. The molecule has 4 rings (SSSR count). The highest BCUT2D eigenvalue weighted by molar-refractivity contribution is 6.13. The molecule has 0 unspecified atom stereocenters. The fourth-order valence-corrected chi connectivity index (χ4v) is 4.09. The molecule has 2 N–H and O–H groups in total. The molecule has 0 aliphatic heterocycles. The maximum atomic E-state index is 13.0. The third kappa shape index (κ3) is 6.06. The second-order valence-electron chi connectivity index (χ2n) is 9.35. The van der Waals surface area contributed by atoms with Crippen molar-refractivity contribution in [1.29, 1.82) is 0 Å². The van der Waals surface area contributed by atoms with E-state index in [1.54, 1.807) is 62.9 Å². The van der Waals surface area contributed by atoms with E-state index in [4.69, 9.17) is 14.2 Å². The average Bonchev–Trinajstić information content (AvgIpc) is 3.78. The molecule has 1 aliphatic carbocycles. The number of methoxy groups -OCH3 is 3. The first kappa shape index (κ1) is 28.2. The summed E-state index contributed by atoms with van der Waals surface area (Å²) < 4.78 is 21.5. The summed E-state index contributed by atoms with van der Waals surface area (Å²) in [5, 5.41) is 6.26. The maximum Gasteiger partial charge on any atom is 0.333 e. The molecule has 1 aromatic heterocycles. The second-order valence-corrected chi connectivity index (χ2v) is 9.35. The van der Waals surface area contributed by atoms with E-state index in [0.29, 0.717) is 59.2 Å². The summed E-state index contributed by atoms with van der Waals surface area (Å²) in [7, 11) is 4.40. The molecule has 0 radical (unpaired) electrons. The van der Waals surface area contributed by atoms with Gasteiger partial charge in [0.15, 0.2) is 11.5 Å². The fraction of sp³-hybridized carbons (Fsp3) is 0.267. The molecule has 0 bridgehead atoms. The molecule has 10 heteroatoms. The number of nitrogens with one attached hydrogen (secondary N) is 2. The van der Waals surface area contributed by atoms with Crippen molar-refractivity contribution >= 4 is 34.4 Å². The first-order valence-corrected chi connectivity index (χ1v) is 12.6. The number of carbonyl (C=O) groups excluding carboxylic acids is 3. The first-order chi connectivity index (χ1) is 19.2. The number of rotatable bonds is 12. The van der Waals surface area contributed by atoms with Gasteiger partial charge in [-0.05, 0) is 62.1 Å². The van der Waals surface area contributed by atoms with Crippen molar-refractivity contribution in [2.75, 3.05) is 26.6 Å².